The lowest BCUT2D eigenvalue weighted by molar-refractivity contribution is -0.118. The van der Waals surface area contributed by atoms with Gasteiger partial charge >= 0.3 is 5.97 Å². The van der Waals surface area contributed by atoms with Crippen molar-refractivity contribution < 1.29 is 19.1 Å². The van der Waals surface area contributed by atoms with Gasteiger partial charge in [0.25, 0.3) is 0 Å². The van der Waals surface area contributed by atoms with Crippen LogP contribution in [-0.2, 0) is 9.53 Å². The molecule has 154 valence electrons. The van der Waals surface area contributed by atoms with Gasteiger partial charge in [-0.1, -0.05) is 44.2 Å². The first kappa shape index (κ1) is 22.3. The van der Waals surface area contributed by atoms with Crippen molar-refractivity contribution in [2.75, 3.05) is 11.9 Å². The van der Waals surface area contributed by atoms with Gasteiger partial charge in [-0.15, -0.1) is 0 Å². The van der Waals surface area contributed by atoms with Gasteiger partial charge in [-0.3, -0.25) is 9.59 Å². The summed E-state index contributed by atoms with van der Waals surface area (Å²) in [7, 11) is 0. The molecule has 2 aromatic rings. The Morgan fingerprint density at radius 1 is 0.828 bits per heavy atom. The van der Waals surface area contributed by atoms with Crippen molar-refractivity contribution in [2.45, 2.75) is 46.5 Å². The number of hydrogen-bond acceptors (Lipinski definition) is 4. The number of amides is 1. The first-order valence-electron chi connectivity index (χ1n) is 10.1. The Balaban J connectivity index is 2.03. The maximum absolute atomic E-state index is 12.7. The average molecular weight is 395 g/mol. The molecule has 2 aromatic carbocycles. The summed E-state index contributed by atoms with van der Waals surface area (Å²) in [6.45, 7) is 6.10. The van der Waals surface area contributed by atoms with Gasteiger partial charge in [-0.2, -0.15) is 0 Å². The lowest BCUT2D eigenvalue weighted by atomic mass is 9.74. The molecule has 0 atom stereocenters. The van der Waals surface area contributed by atoms with Gasteiger partial charge in [0, 0.05) is 24.1 Å². The minimum atomic E-state index is -0.388. The van der Waals surface area contributed by atoms with Crippen LogP contribution in [0, 0.1) is 5.41 Å². The molecular formula is C24H29NO4. The zero-order valence-electron chi connectivity index (χ0n) is 17.4. The lowest BCUT2D eigenvalue weighted by Crippen LogP contribution is -2.29. The van der Waals surface area contributed by atoms with Crippen LogP contribution < -0.4 is 5.32 Å². The largest absolute Gasteiger partial charge is 0.462 e. The van der Waals surface area contributed by atoms with Gasteiger partial charge < -0.3 is 10.1 Å². The molecule has 0 bridgehead atoms. The molecule has 0 spiro atoms. The monoisotopic (exact) mass is 395 g/mol. The summed E-state index contributed by atoms with van der Waals surface area (Å²) in [6, 6.07) is 15.8. The predicted octanol–water partition coefficient (Wildman–Crippen LogP) is 5.27. The maximum atomic E-state index is 12.7. The molecule has 0 aliphatic heterocycles. The van der Waals surface area contributed by atoms with Crippen molar-refractivity contribution in [1.29, 1.82) is 0 Å². The summed E-state index contributed by atoms with van der Waals surface area (Å²) < 4.78 is 4.96. The average Bonchev–Trinajstić information content (AvgIpc) is 2.74. The zero-order valence-corrected chi connectivity index (χ0v) is 17.4. The van der Waals surface area contributed by atoms with Crippen LogP contribution in [0.3, 0.4) is 0 Å². The fraction of sp³-hybridized carbons (Fsp3) is 0.375. The maximum Gasteiger partial charge on any atom is 0.338 e. The second kappa shape index (κ2) is 10.6. The summed E-state index contributed by atoms with van der Waals surface area (Å²) in [5, 5.41) is 2.87. The van der Waals surface area contributed by atoms with Gasteiger partial charge in [-0.05, 0) is 49.4 Å². The SMILES string of the molecule is CCOC(=O)c1ccc(NC(=O)CC(CC)(CC)CC(=O)c2ccccc2)cc1. The molecule has 0 heterocycles. The van der Waals surface area contributed by atoms with E-state index in [1.54, 1.807) is 31.2 Å². The molecule has 0 fully saturated rings. The Morgan fingerprint density at radius 2 is 1.45 bits per heavy atom. The van der Waals surface area contributed by atoms with Crippen molar-refractivity contribution in [3.05, 3.63) is 65.7 Å². The highest BCUT2D eigenvalue weighted by atomic mass is 16.5. The van der Waals surface area contributed by atoms with Crippen molar-refractivity contribution in [3.63, 3.8) is 0 Å². The number of rotatable bonds is 10. The fourth-order valence-electron chi connectivity index (χ4n) is 3.33. The number of carbonyl (C=O) groups is 3. The van der Waals surface area contributed by atoms with Crippen LogP contribution in [0.15, 0.2) is 54.6 Å². The molecule has 0 saturated heterocycles. The number of Topliss-reactive ketones (excluding diaryl/α,β-unsaturated/α-hetero) is 1. The molecule has 1 N–H and O–H groups in total. The normalized spacial score (nSPS) is 11.0. The fourth-order valence-corrected chi connectivity index (χ4v) is 3.33. The molecule has 0 aromatic heterocycles. The highest BCUT2D eigenvalue weighted by Crippen LogP contribution is 2.36. The smallest absolute Gasteiger partial charge is 0.338 e. The highest BCUT2D eigenvalue weighted by Gasteiger charge is 2.32. The Bertz CT molecular complexity index is 824. The van der Waals surface area contributed by atoms with E-state index in [2.05, 4.69) is 5.32 Å². The minimum Gasteiger partial charge on any atom is -0.462 e. The third kappa shape index (κ3) is 6.28. The lowest BCUT2D eigenvalue weighted by Gasteiger charge is -2.30. The van der Waals surface area contributed by atoms with Gasteiger partial charge in [0.1, 0.15) is 0 Å². The molecule has 0 unspecified atom stereocenters. The van der Waals surface area contributed by atoms with Gasteiger partial charge in [0.05, 0.1) is 12.2 Å². The number of carbonyl (C=O) groups excluding carboxylic acids is 3. The number of hydrogen-bond donors (Lipinski definition) is 1. The van der Waals surface area contributed by atoms with E-state index in [1.807, 2.05) is 44.2 Å². The van der Waals surface area contributed by atoms with Crippen LogP contribution in [0.25, 0.3) is 0 Å². The topological polar surface area (TPSA) is 72.5 Å². The van der Waals surface area contributed by atoms with Crippen LogP contribution in [0.2, 0.25) is 0 Å². The van der Waals surface area contributed by atoms with E-state index in [4.69, 9.17) is 4.74 Å². The quantitative estimate of drug-likeness (QED) is 0.439. The number of ether oxygens (including phenoxy) is 1. The third-order valence-electron chi connectivity index (χ3n) is 5.35. The van der Waals surface area contributed by atoms with Crippen LogP contribution in [0.1, 0.15) is 67.2 Å². The second-order valence-corrected chi connectivity index (χ2v) is 7.20. The zero-order chi connectivity index (χ0) is 21.3. The van der Waals surface area contributed by atoms with Crippen LogP contribution in [0.5, 0.6) is 0 Å². The molecule has 2 rings (SSSR count). The van der Waals surface area contributed by atoms with E-state index in [9.17, 15) is 14.4 Å². The summed E-state index contributed by atoms with van der Waals surface area (Å²) in [6.07, 6.45) is 2.06. The number of nitrogens with one attached hydrogen (secondary N) is 1. The van der Waals surface area contributed by atoms with Gasteiger partial charge in [0.15, 0.2) is 5.78 Å². The first-order valence-corrected chi connectivity index (χ1v) is 10.1. The second-order valence-electron chi connectivity index (χ2n) is 7.20. The Kier molecular flexibility index (Phi) is 8.13. The van der Waals surface area contributed by atoms with E-state index >= 15 is 0 Å². The van der Waals surface area contributed by atoms with Crippen molar-refractivity contribution in [2.24, 2.45) is 5.41 Å². The summed E-state index contributed by atoms with van der Waals surface area (Å²) in [5.41, 5.74) is 1.34. The van der Waals surface area contributed by atoms with E-state index in [0.29, 0.717) is 29.8 Å². The Morgan fingerprint density at radius 3 is 2.00 bits per heavy atom. The van der Waals surface area contributed by atoms with E-state index in [1.165, 1.54) is 0 Å². The molecule has 0 saturated carbocycles. The number of esters is 1. The third-order valence-corrected chi connectivity index (χ3v) is 5.35. The Hall–Kier alpha value is -2.95. The molecule has 0 aliphatic rings. The predicted molar refractivity (Wildman–Crippen MR) is 114 cm³/mol. The van der Waals surface area contributed by atoms with Crippen molar-refractivity contribution in [3.8, 4) is 0 Å². The molecule has 0 radical (unpaired) electrons. The van der Waals surface area contributed by atoms with Crippen molar-refractivity contribution in [1.82, 2.24) is 0 Å². The molecule has 1 amide bonds. The van der Waals surface area contributed by atoms with E-state index in [-0.39, 0.29) is 29.5 Å². The van der Waals surface area contributed by atoms with E-state index in [0.717, 1.165) is 12.8 Å². The van der Waals surface area contributed by atoms with Gasteiger partial charge in [0.2, 0.25) is 5.91 Å². The molecular weight excluding hydrogens is 366 g/mol. The Labute approximate surface area is 172 Å². The van der Waals surface area contributed by atoms with Crippen molar-refractivity contribution >= 4 is 23.3 Å². The minimum absolute atomic E-state index is 0.0564. The number of benzene rings is 2. The number of anilines is 1. The van der Waals surface area contributed by atoms with Crippen LogP contribution >= 0.6 is 0 Å². The van der Waals surface area contributed by atoms with E-state index < -0.39 is 0 Å². The number of ketones is 1. The van der Waals surface area contributed by atoms with Gasteiger partial charge in [-0.25, -0.2) is 4.79 Å². The molecule has 29 heavy (non-hydrogen) atoms. The molecule has 0 aliphatic carbocycles. The molecule has 5 heteroatoms. The summed E-state index contributed by atoms with van der Waals surface area (Å²) >= 11 is 0. The summed E-state index contributed by atoms with van der Waals surface area (Å²) in [4.78, 5) is 37.1. The standard InChI is InChI=1S/C24H29NO4/c1-4-24(5-2,16-21(26)18-10-8-7-9-11-18)17-22(27)25-20-14-12-19(13-15-20)23(28)29-6-3/h7-15H,4-6,16-17H2,1-3H3,(H,25,27). The van der Waals surface area contributed by atoms with Crippen LogP contribution in [0.4, 0.5) is 5.69 Å². The van der Waals surface area contributed by atoms with Crippen LogP contribution in [-0.4, -0.2) is 24.3 Å². The molecule has 5 nitrogen and oxygen atoms in total. The first-order chi connectivity index (χ1) is 13.9. The summed E-state index contributed by atoms with van der Waals surface area (Å²) in [5.74, 6) is -0.472. The highest BCUT2D eigenvalue weighted by molar-refractivity contribution is 5.97.